The molecule has 2 bridgehead atoms. The van der Waals surface area contributed by atoms with E-state index >= 15 is 0 Å². The van der Waals surface area contributed by atoms with Crippen LogP contribution in [0.25, 0.3) is 22.2 Å². The highest BCUT2D eigenvalue weighted by Gasteiger charge is 2.29. The van der Waals surface area contributed by atoms with Gasteiger partial charge in [-0.05, 0) is 48.8 Å². The Morgan fingerprint density at radius 1 is 0.868 bits per heavy atom. The number of benzene rings is 2. The number of amides is 1. The third-order valence-electron chi connectivity index (χ3n) is 8.05. The van der Waals surface area contributed by atoms with Gasteiger partial charge in [0.15, 0.2) is 5.78 Å². The molecular weight excluding hydrogens is 498 g/mol. The summed E-state index contributed by atoms with van der Waals surface area (Å²) in [6.07, 6.45) is 8.01. The zero-order chi connectivity index (χ0) is 26.7. The fourth-order valence-corrected chi connectivity index (χ4v) is 7.11. The molecule has 1 saturated carbocycles. The molecule has 0 saturated heterocycles. The fraction of sp³-hybridized carbons (Fsp3) is 0.467. The molecule has 2 aliphatic rings. The van der Waals surface area contributed by atoms with E-state index in [0.29, 0.717) is 31.0 Å². The summed E-state index contributed by atoms with van der Waals surface area (Å²) in [5.41, 5.74) is 4.48. The average Bonchev–Trinajstić information content (AvgIpc) is 3.23. The Bertz CT molecular complexity index is 1420. The van der Waals surface area contributed by atoms with Gasteiger partial charge < -0.3 is 9.88 Å². The lowest BCUT2D eigenvalue weighted by molar-refractivity contribution is -0.121. The summed E-state index contributed by atoms with van der Waals surface area (Å²) in [6, 6.07) is 15.7. The van der Waals surface area contributed by atoms with Gasteiger partial charge in [-0.25, -0.2) is 12.7 Å². The topological polar surface area (TPSA) is 88.5 Å². The van der Waals surface area contributed by atoms with Crippen LogP contribution in [-0.2, 0) is 21.4 Å². The summed E-state index contributed by atoms with van der Waals surface area (Å²) in [6.45, 7) is 1.05. The first-order valence-electron chi connectivity index (χ1n) is 13.8. The van der Waals surface area contributed by atoms with Crippen LogP contribution in [0.4, 0.5) is 0 Å². The minimum Gasteiger partial charge on any atom is -0.355 e. The summed E-state index contributed by atoms with van der Waals surface area (Å²) >= 11 is 0. The number of nitrogens with one attached hydrogen (secondary N) is 1. The third-order valence-corrected chi connectivity index (χ3v) is 9.81. The first-order valence-corrected chi connectivity index (χ1v) is 15.4. The quantitative estimate of drug-likeness (QED) is 0.495. The summed E-state index contributed by atoms with van der Waals surface area (Å²) in [5.74, 6) is -0.672. The van der Waals surface area contributed by atoms with Gasteiger partial charge in [0.25, 0.3) is 0 Å². The number of aromatic nitrogens is 1. The Morgan fingerprint density at radius 3 is 2.37 bits per heavy atom. The van der Waals surface area contributed by atoms with E-state index in [4.69, 9.17) is 0 Å². The van der Waals surface area contributed by atoms with E-state index in [0.717, 1.165) is 47.8 Å². The maximum absolute atomic E-state index is 13.3. The molecule has 0 radical (unpaired) electrons. The number of carbonyl (C=O) groups excluding carboxylic acids is 2. The largest absolute Gasteiger partial charge is 0.355 e. The van der Waals surface area contributed by atoms with Gasteiger partial charge in [-0.2, -0.15) is 0 Å². The number of Topliss-reactive ketones (excluding diaryl/α,β-unsaturated/α-hetero) is 1. The van der Waals surface area contributed by atoms with Gasteiger partial charge in [0.2, 0.25) is 15.9 Å². The zero-order valence-electron chi connectivity index (χ0n) is 22.1. The Morgan fingerprint density at radius 2 is 1.61 bits per heavy atom. The lowest BCUT2D eigenvalue weighted by atomic mass is 9.81. The van der Waals surface area contributed by atoms with E-state index in [-0.39, 0.29) is 12.5 Å². The molecule has 1 N–H and O–H groups in total. The van der Waals surface area contributed by atoms with E-state index in [1.165, 1.54) is 36.2 Å². The van der Waals surface area contributed by atoms with Crippen LogP contribution in [0.3, 0.4) is 0 Å². The maximum atomic E-state index is 13.3. The molecule has 3 aromatic rings. The van der Waals surface area contributed by atoms with Crippen molar-refractivity contribution in [2.45, 2.75) is 63.8 Å². The molecule has 2 aromatic carbocycles. The Kier molecular flexibility index (Phi) is 8.00. The molecular formula is C30H37N3O4S. The molecule has 1 aliphatic heterocycles. The van der Waals surface area contributed by atoms with E-state index in [1.54, 1.807) is 12.1 Å². The highest BCUT2D eigenvalue weighted by molar-refractivity contribution is 7.89. The van der Waals surface area contributed by atoms with Crippen molar-refractivity contribution in [3.8, 4) is 11.3 Å². The molecule has 1 aliphatic carbocycles. The molecule has 38 heavy (non-hydrogen) atoms. The Balaban J connectivity index is 1.70. The lowest BCUT2D eigenvalue weighted by Gasteiger charge is -2.23. The highest BCUT2D eigenvalue weighted by Crippen LogP contribution is 2.44. The number of carbonyl (C=O) groups is 2. The van der Waals surface area contributed by atoms with Gasteiger partial charge in [0, 0.05) is 36.6 Å². The molecule has 7 nitrogen and oxygen atoms in total. The number of sulfonamides is 1. The van der Waals surface area contributed by atoms with E-state index in [1.807, 2.05) is 28.8 Å². The average molecular weight is 536 g/mol. The predicted octanol–water partition coefficient (Wildman–Crippen LogP) is 5.10. The van der Waals surface area contributed by atoms with Crippen molar-refractivity contribution < 1.29 is 18.0 Å². The summed E-state index contributed by atoms with van der Waals surface area (Å²) < 4.78 is 29.2. The molecule has 0 atom stereocenters. The minimum atomic E-state index is -3.71. The van der Waals surface area contributed by atoms with Gasteiger partial charge in [-0.3, -0.25) is 9.59 Å². The molecule has 202 valence electrons. The number of fused-ring (bicyclic) bond motifs is 1. The SMILES string of the molecule is CN1CCCCCNC(=O)Cn2c(-c3ccccc3)c(C3CCCCC3)c3ccc(cc32)C(=O)CS1(=O)=O. The number of nitrogens with zero attached hydrogens (tertiary/aromatic N) is 2. The van der Waals surface area contributed by atoms with Crippen molar-refractivity contribution in [3.05, 3.63) is 59.7 Å². The Hall–Kier alpha value is -2.97. The highest BCUT2D eigenvalue weighted by atomic mass is 32.2. The van der Waals surface area contributed by atoms with Gasteiger partial charge in [0.1, 0.15) is 12.3 Å². The number of hydrogen-bond donors (Lipinski definition) is 1. The number of ketones is 1. The van der Waals surface area contributed by atoms with Gasteiger partial charge in [-0.15, -0.1) is 0 Å². The van der Waals surface area contributed by atoms with Crippen LogP contribution in [0.5, 0.6) is 0 Å². The standard InChI is InChI=1S/C30H37N3O4S/c1-32-18-10-4-9-17-31-28(35)20-33-26-19-24(27(34)21-38(32,36)37)15-16-25(26)29(22-11-5-2-6-12-22)30(33)23-13-7-3-8-14-23/h3,7-8,13-16,19,22H,2,4-6,9-12,17-18,20-21H2,1H3,(H,31,35). The molecule has 2 heterocycles. The second kappa shape index (κ2) is 11.4. The van der Waals surface area contributed by atoms with E-state index < -0.39 is 21.6 Å². The molecule has 8 heteroatoms. The van der Waals surface area contributed by atoms with Crippen LogP contribution in [0.1, 0.15) is 73.2 Å². The summed E-state index contributed by atoms with van der Waals surface area (Å²) in [5, 5.41) is 4.10. The molecule has 1 amide bonds. The van der Waals surface area contributed by atoms with Crippen molar-refractivity contribution in [1.82, 2.24) is 14.2 Å². The monoisotopic (exact) mass is 535 g/mol. The van der Waals surface area contributed by atoms with Crippen molar-refractivity contribution in [1.29, 1.82) is 0 Å². The normalized spacial score (nSPS) is 20.6. The first-order chi connectivity index (χ1) is 18.3. The first kappa shape index (κ1) is 26.6. The van der Waals surface area contributed by atoms with E-state index in [2.05, 4.69) is 17.4 Å². The second-order valence-electron chi connectivity index (χ2n) is 10.7. The molecule has 1 aromatic heterocycles. The molecule has 1 fully saturated rings. The smallest absolute Gasteiger partial charge is 0.239 e. The second-order valence-corrected chi connectivity index (χ2v) is 12.8. The van der Waals surface area contributed by atoms with Crippen LogP contribution in [0, 0.1) is 0 Å². The van der Waals surface area contributed by atoms with Crippen LogP contribution >= 0.6 is 0 Å². The van der Waals surface area contributed by atoms with Crippen molar-refractivity contribution in [2.75, 3.05) is 25.9 Å². The number of rotatable bonds is 2. The van der Waals surface area contributed by atoms with Crippen molar-refractivity contribution in [3.63, 3.8) is 0 Å². The van der Waals surface area contributed by atoms with E-state index in [9.17, 15) is 18.0 Å². The van der Waals surface area contributed by atoms with Crippen LogP contribution in [-0.4, -0.2) is 54.9 Å². The van der Waals surface area contributed by atoms with Crippen molar-refractivity contribution >= 4 is 32.6 Å². The molecule has 0 spiro atoms. The van der Waals surface area contributed by atoms with Gasteiger partial charge in [0.05, 0.1) is 5.69 Å². The van der Waals surface area contributed by atoms with Crippen LogP contribution in [0.2, 0.25) is 0 Å². The van der Waals surface area contributed by atoms with Gasteiger partial charge in [-0.1, -0.05) is 68.1 Å². The summed E-state index contributed by atoms with van der Waals surface area (Å²) in [7, 11) is -2.18. The van der Waals surface area contributed by atoms with Crippen LogP contribution in [0.15, 0.2) is 48.5 Å². The molecule has 5 rings (SSSR count). The fourth-order valence-electron chi connectivity index (χ4n) is 5.99. The van der Waals surface area contributed by atoms with Crippen LogP contribution < -0.4 is 5.32 Å². The third kappa shape index (κ3) is 5.57. The zero-order valence-corrected chi connectivity index (χ0v) is 22.9. The number of hydrogen-bond acceptors (Lipinski definition) is 4. The van der Waals surface area contributed by atoms with Crippen molar-refractivity contribution in [2.24, 2.45) is 0 Å². The minimum absolute atomic E-state index is 0.0576. The summed E-state index contributed by atoms with van der Waals surface area (Å²) in [4.78, 5) is 26.4. The Labute approximate surface area is 225 Å². The predicted molar refractivity (Wildman–Crippen MR) is 151 cm³/mol. The lowest BCUT2D eigenvalue weighted by Crippen LogP contribution is -2.33. The molecule has 0 unspecified atom stereocenters. The van der Waals surface area contributed by atoms with Gasteiger partial charge >= 0.3 is 0 Å². The maximum Gasteiger partial charge on any atom is 0.239 e.